The van der Waals surface area contributed by atoms with E-state index < -0.39 is 5.60 Å². The van der Waals surface area contributed by atoms with Crippen molar-refractivity contribution in [2.45, 2.75) is 63.0 Å². The van der Waals surface area contributed by atoms with E-state index in [2.05, 4.69) is 11.0 Å². The number of hydrogen-bond acceptors (Lipinski definition) is 3. The van der Waals surface area contributed by atoms with Crippen molar-refractivity contribution in [2.24, 2.45) is 0 Å². The zero-order valence-electron chi connectivity index (χ0n) is 9.99. The lowest BCUT2D eigenvalue weighted by Gasteiger charge is -2.33. The van der Waals surface area contributed by atoms with Gasteiger partial charge in [-0.25, -0.2) is 0 Å². The van der Waals surface area contributed by atoms with E-state index in [0.717, 1.165) is 25.7 Å². The van der Waals surface area contributed by atoms with Crippen LogP contribution in [0.3, 0.4) is 0 Å². The van der Waals surface area contributed by atoms with Gasteiger partial charge in [0.15, 0.2) is 0 Å². The summed E-state index contributed by atoms with van der Waals surface area (Å²) >= 11 is 0. The average Bonchev–Trinajstić information content (AvgIpc) is 2.88. The maximum absolute atomic E-state index is 10.4. The third kappa shape index (κ3) is 2.75. The molecular weight excluding hydrogens is 200 g/mol. The van der Waals surface area contributed by atoms with Gasteiger partial charge in [-0.1, -0.05) is 25.7 Å². The first-order valence-electron chi connectivity index (χ1n) is 6.57. The van der Waals surface area contributed by atoms with Gasteiger partial charge in [-0.3, -0.25) is 4.90 Å². The lowest BCUT2D eigenvalue weighted by Crippen LogP contribution is -2.45. The minimum atomic E-state index is -0.501. The van der Waals surface area contributed by atoms with Crippen LogP contribution in [-0.2, 0) is 0 Å². The molecule has 2 aliphatic rings. The second-order valence-corrected chi connectivity index (χ2v) is 5.43. The van der Waals surface area contributed by atoms with Gasteiger partial charge < -0.3 is 5.11 Å². The van der Waals surface area contributed by atoms with Crippen LogP contribution in [0.4, 0.5) is 0 Å². The standard InChI is InChI=1S/C13H22N2O/c14-9-10-15(12-5-1-2-6-12)11-13(16)7-3-4-8-13/h12,16H,1-8,10-11H2. The van der Waals surface area contributed by atoms with Crippen molar-refractivity contribution in [2.75, 3.05) is 13.1 Å². The minimum Gasteiger partial charge on any atom is -0.389 e. The number of aliphatic hydroxyl groups is 1. The van der Waals surface area contributed by atoms with Crippen LogP contribution in [-0.4, -0.2) is 34.7 Å². The smallest absolute Gasteiger partial charge is 0.0869 e. The van der Waals surface area contributed by atoms with Crippen LogP contribution in [0.5, 0.6) is 0 Å². The second-order valence-electron chi connectivity index (χ2n) is 5.43. The molecule has 0 unspecified atom stereocenters. The molecule has 0 aromatic rings. The molecule has 0 atom stereocenters. The Morgan fingerprint density at radius 2 is 1.81 bits per heavy atom. The molecule has 0 radical (unpaired) electrons. The van der Waals surface area contributed by atoms with Crippen molar-refractivity contribution in [3.8, 4) is 6.07 Å². The van der Waals surface area contributed by atoms with E-state index in [1.807, 2.05) is 0 Å². The fourth-order valence-electron chi connectivity index (χ4n) is 3.24. The molecule has 0 amide bonds. The molecule has 0 aromatic heterocycles. The van der Waals surface area contributed by atoms with E-state index in [4.69, 9.17) is 5.26 Å². The molecule has 2 fully saturated rings. The number of nitriles is 1. The highest BCUT2D eigenvalue weighted by molar-refractivity contribution is 4.93. The molecule has 16 heavy (non-hydrogen) atoms. The van der Waals surface area contributed by atoms with Gasteiger partial charge in [-0.2, -0.15) is 5.26 Å². The normalized spacial score (nSPS) is 25.1. The second kappa shape index (κ2) is 5.16. The molecule has 2 saturated carbocycles. The monoisotopic (exact) mass is 222 g/mol. The summed E-state index contributed by atoms with van der Waals surface area (Å²) in [6.07, 6.45) is 9.10. The molecule has 2 rings (SSSR count). The van der Waals surface area contributed by atoms with Gasteiger partial charge in [0.25, 0.3) is 0 Å². The molecule has 1 N–H and O–H groups in total. The Kier molecular flexibility index (Phi) is 3.83. The van der Waals surface area contributed by atoms with Crippen LogP contribution in [0.2, 0.25) is 0 Å². The van der Waals surface area contributed by atoms with Crippen molar-refractivity contribution < 1.29 is 5.11 Å². The summed E-state index contributed by atoms with van der Waals surface area (Å²) in [4.78, 5) is 2.22. The number of hydrogen-bond donors (Lipinski definition) is 1. The van der Waals surface area contributed by atoms with Crippen molar-refractivity contribution in [3.63, 3.8) is 0 Å². The van der Waals surface area contributed by atoms with Crippen LogP contribution in [0.25, 0.3) is 0 Å². The van der Waals surface area contributed by atoms with Gasteiger partial charge in [-0.15, -0.1) is 0 Å². The Morgan fingerprint density at radius 3 is 2.38 bits per heavy atom. The van der Waals surface area contributed by atoms with Crippen LogP contribution in [0.15, 0.2) is 0 Å². The molecule has 0 bridgehead atoms. The largest absolute Gasteiger partial charge is 0.389 e. The zero-order chi connectivity index (χ0) is 11.4. The summed E-state index contributed by atoms with van der Waals surface area (Å²) in [5.74, 6) is 0. The Morgan fingerprint density at radius 1 is 1.19 bits per heavy atom. The lowest BCUT2D eigenvalue weighted by molar-refractivity contribution is 0.00153. The van der Waals surface area contributed by atoms with Crippen LogP contribution < -0.4 is 0 Å². The summed E-state index contributed by atoms with van der Waals surface area (Å²) < 4.78 is 0. The molecule has 0 aromatic carbocycles. The highest BCUT2D eigenvalue weighted by Gasteiger charge is 2.35. The first kappa shape index (κ1) is 11.9. The van der Waals surface area contributed by atoms with Crippen molar-refractivity contribution in [3.05, 3.63) is 0 Å². The van der Waals surface area contributed by atoms with E-state index in [1.54, 1.807) is 0 Å². The maximum Gasteiger partial charge on any atom is 0.0869 e. The van der Waals surface area contributed by atoms with E-state index in [-0.39, 0.29) is 0 Å². The number of nitrogens with zero attached hydrogens (tertiary/aromatic N) is 2. The first-order chi connectivity index (χ1) is 7.73. The average molecular weight is 222 g/mol. The molecular formula is C13H22N2O. The predicted molar refractivity (Wildman–Crippen MR) is 62.9 cm³/mol. The van der Waals surface area contributed by atoms with Gasteiger partial charge in [0.1, 0.15) is 0 Å². The molecule has 3 nitrogen and oxygen atoms in total. The fourth-order valence-corrected chi connectivity index (χ4v) is 3.24. The predicted octanol–water partition coefficient (Wildman–Crippen LogP) is 2.06. The summed E-state index contributed by atoms with van der Waals surface area (Å²) in [7, 11) is 0. The van der Waals surface area contributed by atoms with Gasteiger partial charge >= 0.3 is 0 Å². The van der Waals surface area contributed by atoms with Crippen molar-refractivity contribution >= 4 is 0 Å². The van der Waals surface area contributed by atoms with E-state index in [9.17, 15) is 5.11 Å². The van der Waals surface area contributed by atoms with Crippen LogP contribution in [0.1, 0.15) is 51.4 Å². The summed E-state index contributed by atoms with van der Waals surface area (Å²) in [5, 5.41) is 19.3. The van der Waals surface area contributed by atoms with E-state index in [0.29, 0.717) is 19.1 Å². The Bertz CT molecular complexity index is 260. The van der Waals surface area contributed by atoms with E-state index >= 15 is 0 Å². The summed E-state index contributed by atoms with van der Waals surface area (Å²) in [6, 6.07) is 2.80. The molecule has 0 spiro atoms. The lowest BCUT2D eigenvalue weighted by atomic mass is 10.0. The molecule has 3 heteroatoms. The summed E-state index contributed by atoms with van der Waals surface area (Å²) in [6.45, 7) is 1.19. The third-order valence-corrected chi connectivity index (χ3v) is 4.15. The maximum atomic E-state index is 10.4. The van der Waals surface area contributed by atoms with Gasteiger partial charge in [0.2, 0.25) is 0 Å². The SMILES string of the molecule is N#CCN(CC1(O)CCCC1)C1CCCC1. The molecule has 2 aliphatic carbocycles. The highest BCUT2D eigenvalue weighted by Crippen LogP contribution is 2.32. The Balaban J connectivity index is 1.93. The van der Waals surface area contributed by atoms with Crippen LogP contribution >= 0.6 is 0 Å². The van der Waals surface area contributed by atoms with Gasteiger partial charge in [0.05, 0.1) is 18.2 Å². The van der Waals surface area contributed by atoms with Crippen molar-refractivity contribution in [1.29, 1.82) is 5.26 Å². The molecule has 0 aliphatic heterocycles. The topological polar surface area (TPSA) is 47.3 Å². The zero-order valence-corrected chi connectivity index (χ0v) is 9.99. The molecule has 90 valence electrons. The Hall–Kier alpha value is -0.590. The minimum absolute atomic E-state index is 0.479. The number of rotatable bonds is 4. The highest BCUT2D eigenvalue weighted by atomic mass is 16.3. The fraction of sp³-hybridized carbons (Fsp3) is 0.923. The molecule has 0 saturated heterocycles. The quantitative estimate of drug-likeness (QED) is 0.741. The first-order valence-corrected chi connectivity index (χ1v) is 6.57. The van der Waals surface area contributed by atoms with Gasteiger partial charge in [0, 0.05) is 12.6 Å². The van der Waals surface area contributed by atoms with Crippen LogP contribution in [0, 0.1) is 11.3 Å². The molecule has 0 heterocycles. The summed E-state index contributed by atoms with van der Waals surface area (Å²) in [5.41, 5.74) is -0.501. The van der Waals surface area contributed by atoms with Gasteiger partial charge in [-0.05, 0) is 25.7 Å². The Labute approximate surface area is 98.1 Å². The van der Waals surface area contributed by atoms with Crippen molar-refractivity contribution in [1.82, 2.24) is 4.90 Å². The van der Waals surface area contributed by atoms with E-state index in [1.165, 1.54) is 25.7 Å². The third-order valence-electron chi connectivity index (χ3n) is 4.15.